The summed E-state index contributed by atoms with van der Waals surface area (Å²) in [4.78, 5) is 13.9. The molecular weight excluding hydrogens is 192 g/mol. The van der Waals surface area contributed by atoms with Gasteiger partial charge in [-0.2, -0.15) is 0 Å². The number of hydrogen-bond donors (Lipinski definition) is 1. The molecule has 0 aromatic carbocycles. The highest BCUT2D eigenvalue weighted by Crippen LogP contribution is 2.18. The average Bonchev–Trinajstić information content (AvgIpc) is 2.16. The first kappa shape index (κ1) is 12.5. The molecule has 0 aromatic rings. The number of ether oxygens (including phenoxy) is 1. The third-order valence-electron chi connectivity index (χ3n) is 3.17. The van der Waals surface area contributed by atoms with E-state index >= 15 is 0 Å². The van der Waals surface area contributed by atoms with Gasteiger partial charge >= 0.3 is 0 Å². The maximum atomic E-state index is 12.1. The Morgan fingerprint density at radius 3 is 2.67 bits per heavy atom. The van der Waals surface area contributed by atoms with Crippen LogP contribution in [0.2, 0.25) is 0 Å². The molecule has 0 bridgehead atoms. The minimum atomic E-state index is 0.142. The molecule has 0 spiro atoms. The summed E-state index contributed by atoms with van der Waals surface area (Å²) in [7, 11) is 1.66. The van der Waals surface area contributed by atoms with Crippen LogP contribution in [0.25, 0.3) is 0 Å². The number of carbonyl (C=O) groups excluding carboxylic acids is 1. The molecule has 1 saturated heterocycles. The van der Waals surface area contributed by atoms with Crippen molar-refractivity contribution in [1.29, 1.82) is 0 Å². The first-order valence-electron chi connectivity index (χ1n) is 5.69. The normalized spacial score (nSPS) is 18.3. The fraction of sp³-hybridized carbons (Fsp3) is 0.909. The molecule has 4 heteroatoms. The SMILES string of the molecule is CCN(CCOC)C(=O)C(C)C1CNC1. The Hall–Kier alpha value is -0.610. The summed E-state index contributed by atoms with van der Waals surface area (Å²) < 4.78 is 5.00. The van der Waals surface area contributed by atoms with Gasteiger partial charge in [-0.3, -0.25) is 4.79 Å². The van der Waals surface area contributed by atoms with E-state index in [0.717, 1.165) is 19.6 Å². The van der Waals surface area contributed by atoms with E-state index in [1.807, 2.05) is 18.7 Å². The number of methoxy groups -OCH3 is 1. The molecule has 4 nitrogen and oxygen atoms in total. The molecule has 88 valence electrons. The number of amides is 1. The largest absolute Gasteiger partial charge is 0.383 e. The van der Waals surface area contributed by atoms with Crippen LogP contribution in [0.3, 0.4) is 0 Å². The molecule has 0 aliphatic carbocycles. The number of carbonyl (C=O) groups is 1. The number of likely N-dealkylation sites (N-methyl/N-ethyl adjacent to an activating group) is 1. The van der Waals surface area contributed by atoms with Gasteiger partial charge in [-0.15, -0.1) is 0 Å². The third kappa shape index (κ3) is 3.18. The molecule has 1 aliphatic heterocycles. The maximum absolute atomic E-state index is 12.1. The molecule has 1 fully saturated rings. The lowest BCUT2D eigenvalue weighted by Gasteiger charge is -2.34. The quantitative estimate of drug-likeness (QED) is 0.693. The first-order chi connectivity index (χ1) is 7.20. The van der Waals surface area contributed by atoms with Crippen molar-refractivity contribution < 1.29 is 9.53 Å². The second-order valence-corrected chi connectivity index (χ2v) is 4.12. The van der Waals surface area contributed by atoms with Gasteiger partial charge < -0.3 is 15.0 Å². The lowest BCUT2D eigenvalue weighted by atomic mass is 9.88. The van der Waals surface area contributed by atoms with Crippen LogP contribution in [0.4, 0.5) is 0 Å². The highest BCUT2D eigenvalue weighted by molar-refractivity contribution is 5.79. The number of hydrogen-bond acceptors (Lipinski definition) is 3. The van der Waals surface area contributed by atoms with Crippen molar-refractivity contribution in [3.63, 3.8) is 0 Å². The van der Waals surface area contributed by atoms with E-state index in [9.17, 15) is 4.79 Å². The minimum Gasteiger partial charge on any atom is -0.383 e. The summed E-state index contributed by atoms with van der Waals surface area (Å²) in [5.41, 5.74) is 0. The van der Waals surface area contributed by atoms with Gasteiger partial charge in [0.25, 0.3) is 0 Å². The van der Waals surface area contributed by atoms with Crippen LogP contribution in [-0.4, -0.2) is 50.7 Å². The van der Waals surface area contributed by atoms with E-state index < -0.39 is 0 Å². The topological polar surface area (TPSA) is 41.6 Å². The zero-order chi connectivity index (χ0) is 11.3. The molecule has 15 heavy (non-hydrogen) atoms. The maximum Gasteiger partial charge on any atom is 0.225 e. The van der Waals surface area contributed by atoms with E-state index in [0.29, 0.717) is 19.1 Å². The summed E-state index contributed by atoms with van der Waals surface area (Å²) >= 11 is 0. The molecule has 1 atom stereocenters. The summed E-state index contributed by atoms with van der Waals surface area (Å²) in [5.74, 6) is 0.929. The fourth-order valence-corrected chi connectivity index (χ4v) is 1.78. The van der Waals surface area contributed by atoms with Crippen molar-refractivity contribution in [2.45, 2.75) is 13.8 Å². The fourth-order valence-electron chi connectivity index (χ4n) is 1.78. The Kier molecular flexibility index (Phi) is 5.05. The van der Waals surface area contributed by atoms with Crippen molar-refractivity contribution in [2.24, 2.45) is 11.8 Å². The molecule has 1 aliphatic rings. The number of rotatable bonds is 6. The average molecular weight is 214 g/mol. The van der Waals surface area contributed by atoms with Gasteiger partial charge in [-0.1, -0.05) is 6.92 Å². The monoisotopic (exact) mass is 214 g/mol. The van der Waals surface area contributed by atoms with Crippen LogP contribution in [-0.2, 0) is 9.53 Å². The molecule has 1 amide bonds. The lowest BCUT2D eigenvalue weighted by Crippen LogP contribution is -2.50. The molecule has 0 radical (unpaired) electrons. The van der Waals surface area contributed by atoms with E-state index in [1.54, 1.807) is 7.11 Å². The van der Waals surface area contributed by atoms with Gasteiger partial charge in [0.15, 0.2) is 0 Å². The Morgan fingerprint density at radius 1 is 1.60 bits per heavy atom. The summed E-state index contributed by atoms with van der Waals surface area (Å²) in [6.07, 6.45) is 0. The molecular formula is C11H22N2O2. The Labute approximate surface area is 92.0 Å². The second-order valence-electron chi connectivity index (χ2n) is 4.12. The van der Waals surface area contributed by atoms with Crippen LogP contribution in [0.1, 0.15) is 13.8 Å². The van der Waals surface area contributed by atoms with Gasteiger partial charge in [0.05, 0.1) is 6.61 Å². The predicted octanol–water partition coefficient (Wildman–Crippen LogP) is 0.337. The van der Waals surface area contributed by atoms with Crippen molar-refractivity contribution >= 4 is 5.91 Å². The lowest BCUT2D eigenvalue weighted by molar-refractivity contribution is -0.137. The molecule has 1 unspecified atom stereocenters. The highest BCUT2D eigenvalue weighted by Gasteiger charge is 2.30. The minimum absolute atomic E-state index is 0.142. The van der Waals surface area contributed by atoms with Crippen molar-refractivity contribution in [2.75, 3.05) is 39.9 Å². The zero-order valence-corrected chi connectivity index (χ0v) is 9.95. The van der Waals surface area contributed by atoms with Crippen LogP contribution in [0, 0.1) is 11.8 Å². The summed E-state index contributed by atoms with van der Waals surface area (Å²) in [6, 6.07) is 0. The van der Waals surface area contributed by atoms with Crippen molar-refractivity contribution in [3.8, 4) is 0 Å². The predicted molar refractivity (Wildman–Crippen MR) is 59.7 cm³/mol. The van der Waals surface area contributed by atoms with Crippen LogP contribution in [0.15, 0.2) is 0 Å². The van der Waals surface area contributed by atoms with Crippen LogP contribution >= 0.6 is 0 Å². The molecule has 1 N–H and O–H groups in total. The first-order valence-corrected chi connectivity index (χ1v) is 5.69. The number of nitrogens with one attached hydrogen (secondary N) is 1. The van der Waals surface area contributed by atoms with Crippen molar-refractivity contribution in [3.05, 3.63) is 0 Å². The Balaban J connectivity index is 2.39. The van der Waals surface area contributed by atoms with E-state index in [1.165, 1.54) is 0 Å². The zero-order valence-electron chi connectivity index (χ0n) is 9.95. The standard InChI is InChI=1S/C11H22N2O2/c1-4-13(5-6-15-3)11(14)9(2)10-7-12-8-10/h9-10,12H,4-8H2,1-3H3. The van der Waals surface area contributed by atoms with Gasteiger partial charge in [0.1, 0.15) is 0 Å². The van der Waals surface area contributed by atoms with Gasteiger partial charge in [-0.05, 0) is 25.9 Å². The van der Waals surface area contributed by atoms with Gasteiger partial charge in [0, 0.05) is 26.1 Å². The van der Waals surface area contributed by atoms with Gasteiger partial charge in [0.2, 0.25) is 5.91 Å². The Morgan fingerprint density at radius 2 is 2.27 bits per heavy atom. The Bertz CT molecular complexity index is 205. The van der Waals surface area contributed by atoms with Gasteiger partial charge in [-0.25, -0.2) is 0 Å². The highest BCUT2D eigenvalue weighted by atomic mass is 16.5. The van der Waals surface area contributed by atoms with Crippen LogP contribution < -0.4 is 5.32 Å². The van der Waals surface area contributed by atoms with Crippen molar-refractivity contribution in [1.82, 2.24) is 10.2 Å². The summed E-state index contributed by atoms with van der Waals surface area (Å²) in [6.45, 7) is 8.10. The summed E-state index contributed by atoms with van der Waals surface area (Å²) in [5, 5.41) is 3.20. The van der Waals surface area contributed by atoms with E-state index in [4.69, 9.17) is 4.74 Å². The smallest absolute Gasteiger partial charge is 0.225 e. The van der Waals surface area contributed by atoms with Crippen LogP contribution in [0.5, 0.6) is 0 Å². The molecule has 0 saturated carbocycles. The molecule has 1 rings (SSSR count). The molecule has 0 aromatic heterocycles. The molecule has 1 heterocycles. The second kappa shape index (κ2) is 6.08. The van der Waals surface area contributed by atoms with E-state index in [2.05, 4.69) is 5.32 Å². The number of nitrogens with zero attached hydrogens (tertiary/aromatic N) is 1. The van der Waals surface area contributed by atoms with E-state index in [-0.39, 0.29) is 11.8 Å². The third-order valence-corrected chi connectivity index (χ3v) is 3.17.